The van der Waals surface area contributed by atoms with Crippen molar-refractivity contribution in [3.8, 4) is 0 Å². The second-order valence-electron chi connectivity index (χ2n) is 14.7. The number of nitrogens with one attached hydrogen (secondary N) is 3. The maximum atomic E-state index is 6.22. The van der Waals surface area contributed by atoms with Gasteiger partial charge in [0.05, 0.1) is 0 Å². The molecule has 0 aromatic heterocycles. The van der Waals surface area contributed by atoms with Crippen molar-refractivity contribution in [1.82, 2.24) is 20.9 Å². The quantitative estimate of drug-likeness (QED) is 0.136. The SMILES string of the molecule is NC[C@H](Cc1ccccc1)NC[C@@H]1CCCN1C[C@H](Cc1ccccc1)NC[C@H](Cc1ccccc1)NCCC1CC2CCC1C2. The van der Waals surface area contributed by atoms with Crippen molar-refractivity contribution in [2.75, 3.05) is 39.3 Å². The Bertz CT molecular complexity index is 1250. The van der Waals surface area contributed by atoms with Crippen molar-refractivity contribution in [1.29, 1.82) is 0 Å². The lowest BCUT2D eigenvalue weighted by molar-refractivity contribution is 0.212. The topological polar surface area (TPSA) is 65.3 Å². The Hall–Kier alpha value is -2.54. The van der Waals surface area contributed by atoms with Crippen LogP contribution in [-0.4, -0.2) is 68.3 Å². The molecule has 3 fully saturated rings. The lowest BCUT2D eigenvalue weighted by Crippen LogP contribution is -2.51. The third-order valence-corrected chi connectivity index (χ3v) is 11.3. The highest BCUT2D eigenvalue weighted by molar-refractivity contribution is 5.18. The van der Waals surface area contributed by atoms with Crippen molar-refractivity contribution in [3.05, 3.63) is 108 Å². The predicted molar refractivity (Wildman–Crippen MR) is 193 cm³/mol. The van der Waals surface area contributed by atoms with Crippen molar-refractivity contribution in [2.24, 2.45) is 23.5 Å². The van der Waals surface area contributed by atoms with Gasteiger partial charge in [0.15, 0.2) is 0 Å². The van der Waals surface area contributed by atoms with Gasteiger partial charge in [-0.2, -0.15) is 0 Å². The van der Waals surface area contributed by atoms with Crippen molar-refractivity contribution in [2.45, 2.75) is 88.4 Å². The van der Waals surface area contributed by atoms with Gasteiger partial charge in [0.25, 0.3) is 0 Å². The van der Waals surface area contributed by atoms with Crippen LogP contribution in [0.1, 0.15) is 61.6 Å². The summed E-state index contributed by atoms with van der Waals surface area (Å²) in [5.74, 6) is 2.99. The number of rotatable bonds is 19. The minimum Gasteiger partial charge on any atom is -0.329 e. The van der Waals surface area contributed by atoms with Gasteiger partial charge >= 0.3 is 0 Å². The molecule has 3 aromatic rings. The molecule has 46 heavy (non-hydrogen) atoms. The summed E-state index contributed by atoms with van der Waals surface area (Å²) in [7, 11) is 0. The first kappa shape index (κ1) is 33.4. The van der Waals surface area contributed by atoms with Gasteiger partial charge < -0.3 is 21.7 Å². The van der Waals surface area contributed by atoms with Gasteiger partial charge in [-0.25, -0.2) is 0 Å². The zero-order valence-corrected chi connectivity index (χ0v) is 28.0. The standard InChI is InChI=1S/C41H59N5/c42-28-38(25-32-11-4-1-5-12-32)45-30-41-17-10-22-46(41)31-40(27-34-15-8-3-9-16-34)44-29-39(26-33-13-6-2-7-14-33)43-21-20-37-24-35-18-19-36(37)23-35/h1-9,11-16,35-41,43-45H,10,17-31,42H2/t35?,36?,37?,38-,39-,40-,41-/m0/s1. The van der Waals surface area contributed by atoms with E-state index in [1.54, 1.807) is 0 Å². The van der Waals surface area contributed by atoms with E-state index in [9.17, 15) is 0 Å². The molecule has 2 bridgehead atoms. The van der Waals surface area contributed by atoms with Gasteiger partial charge in [0.1, 0.15) is 0 Å². The highest BCUT2D eigenvalue weighted by atomic mass is 15.2. The molecule has 2 aliphatic carbocycles. The van der Waals surface area contributed by atoms with E-state index in [-0.39, 0.29) is 0 Å². The second-order valence-corrected chi connectivity index (χ2v) is 14.7. The Balaban J connectivity index is 1.06. The summed E-state index contributed by atoms with van der Waals surface area (Å²) in [5, 5.41) is 12.0. The van der Waals surface area contributed by atoms with Gasteiger partial charge in [-0.15, -0.1) is 0 Å². The molecule has 3 unspecified atom stereocenters. The monoisotopic (exact) mass is 621 g/mol. The molecule has 1 aliphatic heterocycles. The Morgan fingerprint density at radius 2 is 1.30 bits per heavy atom. The van der Waals surface area contributed by atoms with Gasteiger partial charge in [-0.1, -0.05) is 97.4 Å². The summed E-state index contributed by atoms with van der Waals surface area (Å²) in [4.78, 5) is 2.75. The fourth-order valence-electron chi connectivity index (χ4n) is 8.82. The maximum Gasteiger partial charge on any atom is 0.0236 e. The van der Waals surface area contributed by atoms with E-state index in [1.165, 1.54) is 68.2 Å². The third kappa shape index (κ3) is 9.98. The Morgan fingerprint density at radius 3 is 1.89 bits per heavy atom. The Labute approximate surface area is 279 Å². The molecule has 248 valence electrons. The molecule has 0 amide bonds. The van der Waals surface area contributed by atoms with E-state index in [1.807, 2.05) is 0 Å². The van der Waals surface area contributed by atoms with Crippen LogP contribution in [0.3, 0.4) is 0 Å². The predicted octanol–water partition coefficient (Wildman–Crippen LogP) is 5.84. The lowest BCUT2D eigenvalue weighted by Gasteiger charge is -2.32. The lowest BCUT2D eigenvalue weighted by atomic mass is 9.86. The summed E-state index contributed by atoms with van der Waals surface area (Å²) in [6.45, 7) is 6.07. The van der Waals surface area contributed by atoms with Crippen LogP contribution in [0.5, 0.6) is 0 Å². The summed E-state index contributed by atoms with van der Waals surface area (Å²) in [5.41, 5.74) is 10.4. The molecule has 3 aromatic carbocycles. The van der Waals surface area contributed by atoms with Crippen LogP contribution < -0.4 is 21.7 Å². The fourth-order valence-corrected chi connectivity index (χ4v) is 8.82. The molecule has 6 rings (SSSR count). The van der Waals surface area contributed by atoms with E-state index >= 15 is 0 Å². The second kappa shape index (κ2) is 17.6. The van der Waals surface area contributed by atoms with Crippen molar-refractivity contribution >= 4 is 0 Å². The van der Waals surface area contributed by atoms with Crippen LogP contribution in [-0.2, 0) is 19.3 Å². The van der Waals surface area contributed by atoms with Gasteiger partial charge in [0, 0.05) is 50.3 Å². The molecule has 7 atom stereocenters. The third-order valence-electron chi connectivity index (χ3n) is 11.3. The van der Waals surface area contributed by atoms with Crippen molar-refractivity contribution < 1.29 is 0 Å². The highest BCUT2D eigenvalue weighted by Crippen LogP contribution is 2.49. The van der Waals surface area contributed by atoms with Gasteiger partial charge in [-0.3, -0.25) is 4.90 Å². The molecule has 0 radical (unpaired) electrons. The smallest absolute Gasteiger partial charge is 0.0236 e. The number of benzene rings is 3. The minimum absolute atomic E-state index is 0.312. The molecule has 5 N–H and O–H groups in total. The van der Waals surface area contributed by atoms with Crippen LogP contribution in [0.25, 0.3) is 0 Å². The minimum atomic E-state index is 0.312. The normalized spacial score (nSPS) is 24.7. The van der Waals surface area contributed by atoms with Crippen LogP contribution in [0.4, 0.5) is 0 Å². The average molecular weight is 622 g/mol. The average Bonchev–Trinajstić information content (AvgIpc) is 3.85. The van der Waals surface area contributed by atoms with Crippen molar-refractivity contribution in [3.63, 3.8) is 0 Å². The van der Waals surface area contributed by atoms with E-state index in [4.69, 9.17) is 5.73 Å². The number of hydrogen-bond donors (Lipinski definition) is 4. The molecule has 1 saturated heterocycles. The van der Waals surface area contributed by atoms with Crippen LogP contribution >= 0.6 is 0 Å². The first-order valence-electron chi connectivity index (χ1n) is 18.5. The van der Waals surface area contributed by atoms with Crippen LogP contribution in [0, 0.1) is 17.8 Å². The van der Waals surface area contributed by atoms with E-state index in [0.717, 1.165) is 63.2 Å². The number of hydrogen-bond acceptors (Lipinski definition) is 5. The zero-order valence-electron chi connectivity index (χ0n) is 28.0. The number of likely N-dealkylation sites (tertiary alicyclic amines) is 1. The van der Waals surface area contributed by atoms with E-state index in [0.29, 0.717) is 30.7 Å². The summed E-state index contributed by atoms with van der Waals surface area (Å²) < 4.78 is 0. The maximum absolute atomic E-state index is 6.22. The molecule has 0 spiro atoms. The molecule has 5 nitrogen and oxygen atoms in total. The molecule has 1 heterocycles. The van der Waals surface area contributed by atoms with E-state index < -0.39 is 0 Å². The molecule has 5 heteroatoms. The van der Waals surface area contributed by atoms with E-state index in [2.05, 4.69) is 112 Å². The van der Waals surface area contributed by atoms with Crippen LogP contribution in [0.15, 0.2) is 91.0 Å². The molecular weight excluding hydrogens is 562 g/mol. The molecule has 2 saturated carbocycles. The Morgan fingerprint density at radius 1 is 0.674 bits per heavy atom. The largest absolute Gasteiger partial charge is 0.329 e. The summed E-state index contributed by atoms with van der Waals surface area (Å²) in [6.07, 6.45) is 13.0. The first-order chi connectivity index (χ1) is 22.7. The van der Waals surface area contributed by atoms with Crippen LogP contribution in [0.2, 0.25) is 0 Å². The molecule has 3 aliphatic rings. The fraction of sp³-hybridized carbons (Fsp3) is 0.561. The number of nitrogens with two attached hydrogens (primary N) is 1. The Kier molecular flexibility index (Phi) is 12.7. The first-order valence-corrected chi connectivity index (χ1v) is 18.5. The van der Waals surface area contributed by atoms with Gasteiger partial charge in [-0.05, 0) is 105 Å². The molecular formula is C41H59N5. The summed E-state index contributed by atoms with van der Waals surface area (Å²) in [6, 6.07) is 34.6. The van der Waals surface area contributed by atoms with Gasteiger partial charge in [0.2, 0.25) is 0 Å². The summed E-state index contributed by atoms with van der Waals surface area (Å²) >= 11 is 0. The highest BCUT2D eigenvalue weighted by Gasteiger charge is 2.38. The number of nitrogens with zero attached hydrogens (tertiary/aromatic N) is 1. The number of fused-ring (bicyclic) bond motifs is 2. The zero-order chi connectivity index (χ0) is 31.4.